The largest absolute Gasteiger partial charge is 0.508 e. The molecular formula is C17H18N2O2. The number of hydrogen-bond acceptors (Lipinski definition) is 4. The molecule has 2 aromatic carbocycles. The molecular weight excluding hydrogens is 264 g/mol. The van der Waals surface area contributed by atoms with Crippen molar-refractivity contribution in [3.63, 3.8) is 0 Å². The number of phenols is 1. The zero-order chi connectivity index (χ0) is 15.4. The molecule has 4 nitrogen and oxygen atoms in total. The summed E-state index contributed by atoms with van der Waals surface area (Å²) in [5, 5.41) is 19.1. The van der Waals surface area contributed by atoms with Crippen LogP contribution in [0.25, 0.3) is 0 Å². The van der Waals surface area contributed by atoms with E-state index in [1.807, 2.05) is 30.9 Å². The van der Waals surface area contributed by atoms with E-state index in [0.29, 0.717) is 17.9 Å². The van der Waals surface area contributed by atoms with Crippen molar-refractivity contribution in [2.24, 2.45) is 0 Å². The number of rotatable bonds is 4. The molecule has 0 atom stereocenters. The molecule has 0 aromatic heterocycles. The average Bonchev–Trinajstić information content (AvgIpc) is 2.51. The second kappa shape index (κ2) is 6.19. The maximum Gasteiger partial charge on any atom is 0.121 e. The summed E-state index contributed by atoms with van der Waals surface area (Å²) < 4.78 is 5.25. The predicted molar refractivity (Wildman–Crippen MR) is 83.2 cm³/mol. The van der Waals surface area contributed by atoms with Crippen molar-refractivity contribution < 1.29 is 9.84 Å². The molecule has 0 fully saturated rings. The van der Waals surface area contributed by atoms with Crippen molar-refractivity contribution >= 4 is 11.4 Å². The first kappa shape index (κ1) is 14.7. The maximum absolute atomic E-state index is 9.74. The van der Waals surface area contributed by atoms with Gasteiger partial charge in [0.15, 0.2) is 0 Å². The third-order valence-electron chi connectivity index (χ3n) is 3.42. The minimum atomic E-state index is 0.204. The van der Waals surface area contributed by atoms with E-state index in [2.05, 4.69) is 6.07 Å². The fourth-order valence-electron chi connectivity index (χ4n) is 2.32. The molecule has 0 aliphatic carbocycles. The molecule has 4 heteroatoms. The van der Waals surface area contributed by atoms with Crippen molar-refractivity contribution in [3.8, 4) is 17.6 Å². The summed E-state index contributed by atoms with van der Waals surface area (Å²) in [5.74, 6) is 0.899. The van der Waals surface area contributed by atoms with Crippen LogP contribution in [0.3, 0.4) is 0 Å². The van der Waals surface area contributed by atoms with Gasteiger partial charge in [0.05, 0.1) is 18.4 Å². The molecule has 0 saturated carbocycles. The van der Waals surface area contributed by atoms with Gasteiger partial charge in [-0.15, -0.1) is 0 Å². The van der Waals surface area contributed by atoms with Crippen molar-refractivity contribution in [3.05, 3.63) is 47.5 Å². The Morgan fingerprint density at radius 2 is 1.95 bits per heavy atom. The van der Waals surface area contributed by atoms with Crippen LogP contribution >= 0.6 is 0 Å². The Morgan fingerprint density at radius 3 is 2.57 bits per heavy atom. The van der Waals surface area contributed by atoms with E-state index in [-0.39, 0.29) is 5.75 Å². The van der Waals surface area contributed by atoms with Crippen molar-refractivity contribution in [1.82, 2.24) is 0 Å². The number of phenolic OH excluding ortho intramolecular Hbond substituents is 1. The topological polar surface area (TPSA) is 56.5 Å². The van der Waals surface area contributed by atoms with Gasteiger partial charge >= 0.3 is 0 Å². The van der Waals surface area contributed by atoms with Gasteiger partial charge in [0.25, 0.3) is 0 Å². The van der Waals surface area contributed by atoms with Gasteiger partial charge in [-0.25, -0.2) is 0 Å². The molecule has 108 valence electrons. The lowest BCUT2D eigenvalue weighted by atomic mass is 10.1. The second-order valence-electron chi connectivity index (χ2n) is 4.71. The van der Waals surface area contributed by atoms with Crippen LogP contribution < -0.4 is 9.64 Å². The van der Waals surface area contributed by atoms with Gasteiger partial charge in [-0.1, -0.05) is 6.07 Å². The number of nitriles is 1. The van der Waals surface area contributed by atoms with E-state index in [1.165, 1.54) is 0 Å². The number of aryl methyl sites for hydroxylation is 1. The zero-order valence-corrected chi connectivity index (χ0v) is 12.4. The molecule has 0 spiro atoms. The van der Waals surface area contributed by atoms with E-state index in [0.717, 1.165) is 16.9 Å². The SMILES string of the molecule is CCN(c1cc(O)ccc1C)c1cc(OC)ccc1C#N. The molecule has 0 heterocycles. The highest BCUT2D eigenvalue weighted by atomic mass is 16.5. The number of methoxy groups -OCH3 is 1. The summed E-state index contributed by atoms with van der Waals surface area (Å²) in [7, 11) is 1.60. The minimum Gasteiger partial charge on any atom is -0.508 e. The maximum atomic E-state index is 9.74. The van der Waals surface area contributed by atoms with Crippen LogP contribution in [0.15, 0.2) is 36.4 Å². The summed E-state index contributed by atoms with van der Waals surface area (Å²) in [5.41, 5.74) is 3.25. The van der Waals surface area contributed by atoms with Crippen LogP contribution in [0.5, 0.6) is 11.5 Å². The number of aromatic hydroxyl groups is 1. The monoisotopic (exact) mass is 282 g/mol. The molecule has 1 N–H and O–H groups in total. The molecule has 0 aliphatic heterocycles. The summed E-state index contributed by atoms with van der Waals surface area (Å²) >= 11 is 0. The number of benzene rings is 2. The van der Waals surface area contributed by atoms with E-state index in [1.54, 1.807) is 31.4 Å². The molecule has 0 aliphatic rings. The first-order valence-electron chi connectivity index (χ1n) is 6.76. The second-order valence-corrected chi connectivity index (χ2v) is 4.71. The molecule has 0 bridgehead atoms. The predicted octanol–water partition coefficient (Wildman–Crippen LogP) is 3.74. The lowest BCUT2D eigenvalue weighted by Crippen LogP contribution is -2.18. The van der Waals surface area contributed by atoms with E-state index in [9.17, 15) is 10.4 Å². The molecule has 0 saturated heterocycles. The Kier molecular flexibility index (Phi) is 4.34. The molecule has 2 rings (SSSR count). The first-order valence-corrected chi connectivity index (χ1v) is 6.76. The fourth-order valence-corrected chi connectivity index (χ4v) is 2.32. The number of anilines is 2. The van der Waals surface area contributed by atoms with Crippen LogP contribution in [-0.4, -0.2) is 18.8 Å². The van der Waals surface area contributed by atoms with Gasteiger partial charge in [-0.05, 0) is 37.6 Å². The van der Waals surface area contributed by atoms with Gasteiger partial charge in [0.1, 0.15) is 17.6 Å². The normalized spacial score (nSPS) is 10.0. The highest BCUT2D eigenvalue weighted by Gasteiger charge is 2.15. The van der Waals surface area contributed by atoms with Crippen LogP contribution in [0.2, 0.25) is 0 Å². The Hall–Kier alpha value is -2.67. The van der Waals surface area contributed by atoms with Crippen molar-refractivity contribution in [2.45, 2.75) is 13.8 Å². The van der Waals surface area contributed by atoms with Gasteiger partial charge in [0.2, 0.25) is 0 Å². The molecule has 21 heavy (non-hydrogen) atoms. The van der Waals surface area contributed by atoms with Crippen LogP contribution in [0.4, 0.5) is 11.4 Å². The minimum absolute atomic E-state index is 0.204. The van der Waals surface area contributed by atoms with Crippen LogP contribution in [-0.2, 0) is 0 Å². The fraction of sp³-hybridized carbons (Fsp3) is 0.235. The first-order chi connectivity index (χ1) is 10.1. The molecule has 0 unspecified atom stereocenters. The number of ether oxygens (including phenoxy) is 1. The molecule has 2 aromatic rings. The van der Waals surface area contributed by atoms with Gasteiger partial charge < -0.3 is 14.7 Å². The van der Waals surface area contributed by atoms with Gasteiger partial charge in [0, 0.05) is 24.4 Å². The van der Waals surface area contributed by atoms with Gasteiger partial charge in [-0.3, -0.25) is 0 Å². The number of hydrogen-bond donors (Lipinski definition) is 1. The Labute approximate surface area is 124 Å². The van der Waals surface area contributed by atoms with Crippen LogP contribution in [0.1, 0.15) is 18.1 Å². The third kappa shape index (κ3) is 2.92. The summed E-state index contributed by atoms with van der Waals surface area (Å²) in [6, 6.07) is 12.8. The van der Waals surface area contributed by atoms with Crippen LogP contribution in [0, 0.1) is 18.3 Å². The smallest absolute Gasteiger partial charge is 0.121 e. The lowest BCUT2D eigenvalue weighted by Gasteiger charge is -2.26. The standard InChI is InChI=1S/C17H18N2O2/c1-4-19(16-9-14(20)7-5-12(16)2)17-10-15(21-3)8-6-13(17)11-18/h5-10,20H,4H2,1-3H3. The quantitative estimate of drug-likeness (QED) is 0.928. The van der Waals surface area contributed by atoms with Gasteiger partial charge in [-0.2, -0.15) is 5.26 Å². The summed E-state index contributed by atoms with van der Waals surface area (Å²) in [4.78, 5) is 2.00. The van der Waals surface area contributed by atoms with E-state index >= 15 is 0 Å². The third-order valence-corrected chi connectivity index (χ3v) is 3.42. The Morgan fingerprint density at radius 1 is 1.19 bits per heavy atom. The average molecular weight is 282 g/mol. The summed E-state index contributed by atoms with van der Waals surface area (Å²) in [6.07, 6.45) is 0. The molecule has 0 amide bonds. The highest BCUT2D eigenvalue weighted by molar-refractivity contribution is 5.73. The lowest BCUT2D eigenvalue weighted by molar-refractivity contribution is 0.415. The van der Waals surface area contributed by atoms with E-state index < -0.39 is 0 Å². The van der Waals surface area contributed by atoms with Crippen molar-refractivity contribution in [2.75, 3.05) is 18.6 Å². The number of nitrogens with zero attached hydrogens (tertiary/aromatic N) is 2. The van der Waals surface area contributed by atoms with E-state index in [4.69, 9.17) is 4.74 Å². The Balaban J connectivity index is 2.61. The zero-order valence-electron chi connectivity index (χ0n) is 12.4. The Bertz CT molecular complexity index is 690. The van der Waals surface area contributed by atoms with Crippen molar-refractivity contribution in [1.29, 1.82) is 5.26 Å². The molecule has 0 radical (unpaired) electrons. The highest BCUT2D eigenvalue weighted by Crippen LogP contribution is 2.34. The summed E-state index contributed by atoms with van der Waals surface area (Å²) in [6.45, 7) is 4.65.